The van der Waals surface area contributed by atoms with E-state index in [1.54, 1.807) is 0 Å². The van der Waals surface area contributed by atoms with Crippen molar-refractivity contribution < 1.29 is 4.79 Å². The van der Waals surface area contributed by atoms with Crippen molar-refractivity contribution >= 4 is 17.5 Å². The Kier molecular flexibility index (Phi) is 5.99. The normalized spacial score (nSPS) is 16.4. The second-order valence-electron chi connectivity index (χ2n) is 9.30. The van der Waals surface area contributed by atoms with Crippen LogP contribution in [-0.4, -0.2) is 40.5 Å². The van der Waals surface area contributed by atoms with Crippen LogP contribution in [0.5, 0.6) is 0 Å². The Hall–Kier alpha value is -3.41. The van der Waals surface area contributed by atoms with Crippen molar-refractivity contribution in [1.82, 2.24) is 14.9 Å². The highest BCUT2D eigenvalue weighted by molar-refractivity contribution is 5.89. The molecule has 170 valence electrons. The van der Waals surface area contributed by atoms with Gasteiger partial charge in [0.2, 0.25) is 0 Å². The summed E-state index contributed by atoms with van der Waals surface area (Å²) in [5.41, 5.74) is 5.18. The molecule has 1 fully saturated rings. The van der Waals surface area contributed by atoms with Crippen LogP contribution in [0.3, 0.4) is 0 Å². The van der Waals surface area contributed by atoms with Crippen LogP contribution < -0.4 is 10.2 Å². The molecular formula is C27H31N5O. The minimum Gasteiger partial charge on any atom is -0.356 e. The fraction of sp³-hybridized carbons (Fsp3) is 0.370. The van der Waals surface area contributed by atoms with Gasteiger partial charge in [-0.3, -0.25) is 0 Å². The zero-order chi connectivity index (χ0) is 22.8. The summed E-state index contributed by atoms with van der Waals surface area (Å²) in [6, 6.07) is 18.0. The lowest BCUT2D eigenvalue weighted by molar-refractivity contribution is 0.206. The van der Waals surface area contributed by atoms with Crippen molar-refractivity contribution in [3.8, 4) is 11.4 Å². The molecule has 0 radical (unpaired) electrons. The Balaban J connectivity index is 1.44. The Morgan fingerprint density at radius 2 is 1.70 bits per heavy atom. The Morgan fingerprint density at radius 1 is 0.970 bits per heavy atom. The predicted molar refractivity (Wildman–Crippen MR) is 132 cm³/mol. The van der Waals surface area contributed by atoms with Crippen LogP contribution in [0.1, 0.15) is 36.6 Å². The van der Waals surface area contributed by atoms with Gasteiger partial charge in [-0.2, -0.15) is 0 Å². The average molecular weight is 442 g/mol. The molecule has 33 heavy (non-hydrogen) atoms. The fourth-order valence-electron chi connectivity index (χ4n) is 4.61. The third kappa shape index (κ3) is 4.70. The van der Waals surface area contributed by atoms with E-state index >= 15 is 0 Å². The van der Waals surface area contributed by atoms with Crippen molar-refractivity contribution in [2.75, 3.05) is 29.9 Å². The topological polar surface area (TPSA) is 61.4 Å². The smallest absolute Gasteiger partial charge is 0.322 e. The molecule has 2 aliphatic rings. The summed E-state index contributed by atoms with van der Waals surface area (Å²) in [4.78, 5) is 27.3. The van der Waals surface area contributed by atoms with Gasteiger partial charge in [-0.25, -0.2) is 14.8 Å². The fourth-order valence-corrected chi connectivity index (χ4v) is 4.61. The second-order valence-corrected chi connectivity index (χ2v) is 9.30. The van der Waals surface area contributed by atoms with Crippen LogP contribution >= 0.6 is 0 Å². The first-order valence-corrected chi connectivity index (χ1v) is 11.9. The number of amides is 2. The van der Waals surface area contributed by atoms with E-state index in [4.69, 9.17) is 9.97 Å². The number of hydrogen-bond acceptors (Lipinski definition) is 4. The highest BCUT2D eigenvalue weighted by atomic mass is 16.2. The zero-order valence-corrected chi connectivity index (χ0v) is 19.4. The van der Waals surface area contributed by atoms with Gasteiger partial charge in [-0.1, -0.05) is 55.0 Å². The van der Waals surface area contributed by atoms with Crippen LogP contribution in [-0.2, 0) is 13.0 Å². The molecule has 1 N–H and O–H groups in total. The Bertz CT molecular complexity index is 1120. The predicted octanol–water partition coefficient (Wildman–Crippen LogP) is 5.28. The minimum absolute atomic E-state index is 0.0742. The van der Waals surface area contributed by atoms with Crippen LogP contribution in [0.2, 0.25) is 0 Å². The van der Waals surface area contributed by atoms with Crippen molar-refractivity contribution in [2.24, 2.45) is 5.92 Å². The van der Waals surface area contributed by atoms with E-state index in [2.05, 4.69) is 29.3 Å². The molecule has 2 aromatic carbocycles. The van der Waals surface area contributed by atoms with Gasteiger partial charge in [0, 0.05) is 42.9 Å². The van der Waals surface area contributed by atoms with E-state index in [1.165, 1.54) is 5.56 Å². The summed E-state index contributed by atoms with van der Waals surface area (Å²) in [5, 5.41) is 3.04. The molecular weight excluding hydrogens is 410 g/mol. The summed E-state index contributed by atoms with van der Waals surface area (Å²) in [5.74, 6) is 2.52. The minimum atomic E-state index is -0.0742. The number of piperidine rings is 1. The standard InChI is InChI=1S/C27H31N5O/c1-19-8-10-22(11-9-19)28-27(33)32-17-14-24-23(18-32)26(31-15-12-20(2)13-16-31)30-25(29-24)21-6-4-3-5-7-21/h3-11,20H,12-18H2,1-2H3,(H,28,33). The van der Waals surface area contributed by atoms with Crippen LogP contribution in [0.15, 0.2) is 54.6 Å². The SMILES string of the molecule is Cc1ccc(NC(=O)N2CCc3nc(-c4ccccc4)nc(N4CCC(C)CC4)c3C2)cc1. The number of nitrogens with one attached hydrogen (secondary N) is 1. The summed E-state index contributed by atoms with van der Waals surface area (Å²) in [6.45, 7) is 7.53. The molecule has 0 unspecified atom stereocenters. The van der Waals surface area contributed by atoms with Crippen molar-refractivity contribution in [2.45, 2.75) is 39.7 Å². The summed E-state index contributed by atoms with van der Waals surface area (Å²) < 4.78 is 0. The Labute approximate surface area is 195 Å². The van der Waals surface area contributed by atoms with Crippen molar-refractivity contribution in [3.05, 3.63) is 71.4 Å². The van der Waals surface area contributed by atoms with E-state index in [-0.39, 0.29) is 6.03 Å². The van der Waals surface area contributed by atoms with E-state index in [9.17, 15) is 4.79 Å². The van der Waals surface area contributed by atoms with Crippen molar-refractivity contribution in [3.63, 3.8) is 0 Å². The number of hydrogen-bond donors (Lipinski definition) is 1. The first kappa shape index (κ1) is 21.4. The van der Waals surface area contributed by atoms with Gasteiger partial charge in [0.05, 0.1) is 12.2 Å². The number of fused-ring (bicyclic) bond motifs is 1. The van der Waals surface area contributed by atoms with E-state index in [1.807, 2.05) is 54.3 Å². The summed E-state index contributed by atoms with van der Waals surface area (Å²) in [6.07, 6.45) is 3.06. The molecule has 2 amide bonds. The maximum atomic E-state index is 13.0. The average Bonchev–Trinajstić information content (AvgIpc) is 2.85. The number of aromatic nitrogens is 2. The summed E-state index contributed by atoms with van der Waals surface area (Å²) in [7, 11) is 0. The van der Waals surface area contributed by atoms with Gasteiger partial charge in [-0.15, -0.1) is 0 Å². The van der Waals surface area contributed by atoms with E-state index in [0.717, 1.165) is 72.4 Å². The molecule has 2 aliphatic heterocycles. The third-order valence-corrected chi connectivity index (χ3v) is 6.74. The van der Waals surface area contributed by atoms with Crippen LogP contribution in [0, 0.1) is 12.8 Å². The van der Waals surface area contributed by atoms with E-state index < -0.39 is 0 Å². The molecule has 1 aromatic heterocycles. The lowest BCUT2D eigenvalue weighted by atomic mass is 9.98. The molecule has 5 rings (SSSR count). The molecule has 0 aliphatic carbocycles. The number of nitrogens with zero attached hydrogens (tertiary/aromatic N) is 4. The van der Waals surface area contributed by atoms with Gasteiger partial charge in [0.15, 0.2) is 5.82 Å². The molecule has 6 nitrogen and oxygen atoms in total. The van der Waals surface area contributed by atoms with Crippen molar-refractivity contribution in [1.29, 1.82) is 0 Å². The lowest BCUT2D eigenvalue weighted by Crippen LogP contribution is -2.41. The molecule has 3 heterocycles. The molecule has 0 spiro atoms. The zero-order valence-electron chi connectivity index (χ0n) is 19.4. The molecule has 3 aromatic rings. The second kappa shape index (κ2) is 9.22. The van der Waals surface area contributed by atoms with Crippen LogP contribution in [0.4, 0.5) is 16.3 Å². The van der Waals surface area contributed by atoms with Gasteiger partial charge >= 0.3 is 6.03 Å². The number of benzene rings is 2. The highest BCUT2D eigenvalue weighted by Gasteiger charge is 2.29. The largest absolute Gasteiger partial charge is 0.356 e. The number of aryl methyl sites for hydroxylation is 1. The van der Waals surface area contributed by atoms with Gasteiger partial charge < -0.3 is 15.1 Å². The maximum absolute atomic E-state index is 13.0. The van der Waals surface area contributed by atoms with Gasteiger partial charge in [0.25, 0.3) is 0 Å². The Morgan fingerprint density at radius 3 is 2.42 bits per heavy atom. The molecule has 0 bridgehead atoms. The quantitative estimate of drug-likeness (QED) is 0.601. The first-order chi connectivity index (χ1) is 16.1. The summed E-state index contributed by atoms with van der Waals surface area (Å²) >= 11 is 0. The number of urea groups is 1. The van der Waals surface area contributed by atoms with Crippen LogP contribution in [0.25, 0.3) is 11.4 Å². The third-order valence-electron chi connectivity index (χ3n) is 6.74. The number of anilines is 2. The van der Waals surface area contributed by atoms with Gasteiger partial charge in [0.1, 0.15) is 5.82 Å². The highest BCUT2D eigenvalue weighted by Crippen LogP contribution is 2.32. The number of rotatable bonds is 3. The first-order valence-electron chi connectivity index (χ1n) is 11.9. The molecule has 1 saturated heterocycles. The maximum Gasteiger partial charge on any atom is 0.322 e. The molecule has 0 atom stereocenters. The molecule has 6 heteroatoms. The lowest BCUT2D eigenvalue weighted by Gasteiger charge is -2.36. The molecule has 0 saturated carbocycles. The van der Waals surface area contributed by atoms with Gasteiger partial charge in [-0.05, 0) is 37.8 Å². The number of carbonyl (C=O) groups excluding carboxylic acids is 1. The van der Waals surface area contributed by atoms with E-state index in [0.29, 0.717) is 13.1 Å². The number of carbonyl (C=O) groups is 1. The monoisotopic (exact) mass is 441 g/mol.